The molecule has 1 aromatic carbocycles. The van der Waals surface area contributed by atoms with Crippen LogP contribution in [0.5, 0.6) is 0 Å². The lowest BCUT2D eigenvalue weighted by Crippen LogP contribution is -2.38. The molecule has 0 spiro atoms. The van der Waals surface area contributed by atoms with E-state index >= 15 is 0 Å². The second-order valence-electron chi connectivity index (χ2n) is 4.42. The number of urea groups is 1. The maximum atomic E-state index is 11.4. The number of rotatable bonds is 9. The molecule has 1 rings (SSSR count). The summed E-state index contributed by atoms with van der Waals surface area (Å²) in [7, 11) is -2.10. The van der Waals surface area contributed by atoms with E-state index in [1.54, 1.807) is 19.2 Å². The zero-order valence-electron chi connectivity index (χ0n) is 12.4. The van der Waals surface area contributed by atoms with Crippen LogP contribution in [0.15, 0.2) is 29.2 Å². The molecule has 0 saturated carbocycles. The summed E-state index contributed by atoms with van der Waals surface area (Å²) in [5.41, 5.74) is 0.893. The molecule has 0 aliphatic rings. The number of carbonyl (C=O) groups is 1. The number of benzene rings is 1. The number of nitrogens with one attached hydrogen (secondary N) is 2. The van der Waals surface area contributed by atoms with E-state index in [4.69, 9.17) is 14.6 Å². The predicted octanol–water partition coefficient (Wildman–Crippen LogP) is -0.204. The molecule has 22 heavy (non-hydrogen) atoms. The van der Waals surface area contributed by atoms with Gasteiger partial charge in [-0.15, -0.1) is 0 Å². The van der Waals surface area contributed by atoms with Crippen LogP contribution in [0, 0.1) is 0 Å². The summed E-state index contributed by atoms with van der Waals surface area (Å²) in [6.45, 7) is 1.40. The van der Waals surface area contributed by atoms with Crippen molar-refractivity contribution < 1.29 is 22.7 Å². The Morgan fingerprint density at radius 2 is 1.86 bits per heavy atom. The fraction of sp³-hybridized carbons (Fsp3) is 0.462. The van der Waals surface area contributed by atoms with Crippen molar-refractivity contribution >= 4 is 16.1 Å². The molecule has 1 aromatic rings. The van der Waals surface area contributed by atoms with Gasteiger partial charge in [0, 0.05) is 13.7 Å². The van der Waals surface area contributed by atoms with Crippen LogP contribution < -0.4 is 15.8 Å². The number of hydrogen-bond donors (Lipinski definition) is 3. The molecule has 0 radical (unpaired) electrons. The number of methoxy groups -OCH3 is 1. The summed E-state index contributed by atoms with van der Waals surface area (Å²) in [6.07, 6.45) is 0.572. The van der Waals surface area contributed by atoms with E-state index in [2.05, 4.69) is 10.6 Å². The number of nitrogens with two attached hydrogens (primary N) is 1. The molecule has 4 N–H and O–H groups in total. The fourth-order valence-corrected chi connectivity index (χ4v) is 2.08. The van der Waals surface area contributed by atoms with Gasteiger partial charge in [0.15, 0.2) is 0 Å². The van der Waals surface area contributed by atoms with Crippen molar-refractivity contribution in [3.05, 3.63) is 29.8 Å². The van der Waals surface area contributed by atoms with Crippen molar-refractivity contribution in [3.63, 3.8) is 0 Å². The maximum Gasteiger partial charge on any atom is 0.316 e. The van der Waals surface area contributed by atoms with Crippen LogP contribution in [0.4, 0.5) is 4.79 Å². The van der Waals surface area contributed by atoms with Crippen LogP contribution in [0.3, 0.4) is 0 Å². The smallest absolute Gasteiger partial charge is 0.316 e. The van der Waals surface area contributed by atoms with Gasteiger partial charge >= 0.3 is 6.03 Å². The minimum Gasteiger partial charge on any atom is -0.382 e. The highest BCUT2D eigenvalue weighted by Crippen LogP contribution is 2.08. The zero-order chi connectivity index (χ0) is 16.4. The third kappa shape index (κ3) is 7.36. The standard InChI is InChI=1S/C13H21N3O5S/c1-20-8-9-21-10-16-13(17)15-7-6-11-2-4-12(5-3-11)22(14,18)19/h2-5H,6-10H2,1H3,(H2,14,18,19)(H2,15,16,17). The lowest BCUT2D eigenvalue weighted by atomic mass is 10.1. The van der Waals surface area contributed by atoms with Gasteiger partial charge in [-0.05, 0) is 24.1 Å². The van der Waals surface area contributed by atoms with E-state index in [0.29, 0.717) is 26.2 Å². The molecule has 8 nitrogen and oxygen atoms in total. The average Bonchev–Trinajstić information content (AvgIpc) is 2.46. The number of amides is 2. The summed E-state index contributed by atoms with van der Waals surface area (Å²) in [6, 6.07) is 5.86. The third-order valence-electron chi connectivity index (χ3n) is 2.72. The first-order valence-electron chi connectivity index (χ1n) is 6.63. The molecule has 0 unspecified atom stereocenters. The molecule has 0 atom stereocenters. The van der Waals surface area contributed by atoms with Gasteiger partial charge in [0.25, 0.3) is 0 Å². The number of sulfonamides is 1. The third-order valence-corrected chi connectivity index (χ3v) is 3.65. The van der Waals surface area contributed by atoms with E-state index in [9.17, 15) is 13.2 Å². The van der Waals surface area contributed by atoms with Crippen molar-refractivity contribution in [1.29, 1.82) is 0 Å². The van der Waals surface area contributed by atoms with Crippen molar-refractivity contribution in [2.75, 3.05) is 33.6 Å². The molecule has 0 aliphatic carbocycles. The van der Waals surface area contributed by atoms with Gasteiger partial charge in [0.05, 0.1) is 18.1 Å². The summed E-state index contributed by atoms with van der Waals surface area (Å²) >= 11 is 0. The highest BCUT2D eigenvalue weighted by molar-refractivity contribution is 7.89. The minimum atomic E-state index is -3.67. The number of hydrogen-bond acceptors (Lipinski definition) is 5. The van der Waals surface area contributed by atoms with Crippen LogP contribution in [0.25, 0.3) is 0 Å². The Morgan fingerprint density at radius 1 is 1.18 bits per heavy atom. The quantitative estimate of drug-likeness (QED) is 0.427. The SMILES string of the molecule is COCCOCNC(=O)NCCc1ccc(S(N)(=O)=O)cc1. The Kier molecular flexibility index (Phi) is 7.82. The maximum absolute atomic E-state index is 11.4. The van der Waals surface area contributed by atoms with Gasteiger partial charge < -0.3 is 20.1 Å². The average molecular weight is 331 g/mol. The molecule has 0 aromatic heterocycles. The first-order valence-corrected chi connectivity index (χ1v) is 8.18. The summed E-state index contributed by atoms with van der Waals surface area (Å²) in [4.78, 5) is 11.5. The van der Waals surface area contributed by atoms with Crippen LogP contribution in [-0.4, -0.2) is 48.0 Å². The van der Waals surface area contributed by atoms with Crippen LogP contribution in [-0.2, 0) is 25.9 Å². The van der Waals surface area contributed by atoms with Gasteiger partial charge in [0.1, 0.15) is 6.73 Å². The normalized spacial score (nSPS) is 11.2. The van der Waals surface area contributed by atoms with E-state index in [-0.39, 0.29) is 17.7 Å². The summed E-state index contributed by atoms with van der Waals surface area (Å²) < 4.78 is 32.1. The van der Waals surface area contributed by atoms with Gasteiger partial charge in [-0.1, -0.05) is 12.1 Å². The van der Waals surface area contributed by atoms with Gasteiger partial charge in [0.2, 0.25) is 10.0 Å². The minimum absolute atomic E-state index is 0.0650. The van der Waals surface area contributed by atoms with E-state index in [1.165, 1.54) is 12.1 Å². The highest BCUT2D eigenvalue weighted by atomic mass is 32.2. The van der Waals surface area contributed by atoms with Crippen LogP contribution in [0.1, 0.15) is 5.56 Å². The Bertz CT molecular complexity index is 560. The number of carbonyl (C=O) groups excluding carboxylic acids is 1. The first-order chi connectivity index (χ1) is 10.4. The largest absolute Gasteiger partial charge is 0.382 e. The molecule has 0 saturated heterocycles. The second kappa shape index (κ2) is 9.36. The number of primary sulfonamides is 1. The lowest BCUT2D eigenvalue weighted by molar-refractivity contribution is 0.0643. The van der Waals surface area contributed by atoms with Gasteiger partial charge in [-0.3, -0.25) is 0 Å². The van der Waals surface area contributed by atoms with Gasteiger partial charge in [-0.2, -0.15) is 0 Å². The lowest BCUT2D eigenvalue weighted by Gasteiger charge is -2.08. The molecule has 124 valence electrons. The van der Waals surface area contributed by atoms with Crippen LogP contribution >= 0.6 is 0 Å². The predicted molar refractivity (Wildman–Crippen MR) is 80.7 cm³/mol. The molecule has 0 aliphatic heterocycles. The molecule has 0 bridgehead atoms. The molecular formula is C13H21N3O5S. The van der Waals surface area contributed by atoms with E-state index < -0.39 is 10.0 Å². The molecular weight excluding hydrogens is 310 g/mol. The Hall–Kier alpha value is -1.68. The fourth-order valence-electron chi connectivity index (χ4n) is 1.56. The highest BCUT2D eigenvalue weighted by Gasteiger charge is 2.06. The Labute approximate surface area is 130 Å². The molecule has 2 amide bonds. The molecule has 0 heterocycles. The zero-order valence-corrected chi connectivity index (χ0v) is 13.2. The van der Waals surface area contributed by atoms with Crippen molar-refractivity contribution in [3.8, 4) is 0 Å². The van der Waals surface area contributed by atoms with Crippen molar-refractivity contribution in [2.24, 2.45) is 5.14 Å². The Morgan fingerprint density at radius 3 is 2.45 bits per heavy atom. The second-order valence-corrected chi connectivity index (χ2v) is 5.98. The van der Waals surface area contributed by atoms with Crippen molar-refractivity contribution in [1.82, 2.24) is 10.6 Å². The monoisotopic (exact) mass is 331 g/mol. The van der Waals surface area contributed by atoms with Gasteiger partial charge in [-0.25, -0.2) is 18.4 Å². The first kappa shape index (κ1) is 18.4. The number of ether oxygens (including phenoxy) is 2. The Balaban J connectivity index is 2.22. The topological polar surface area (TPSA) is 120 Å². The van der Waals surface area contributed by atoms with Crippen molar-refractivity contribution in [2.45, 2.75) is 11.3 Å². The van der Waals surface area contributed by atoms with E-state index in [1.807, 2.05) is 0 Å². The van der Waals surface area contributed by atoms with Crippen LogP contribution in [0.2, 0.25) is 0 Å². The molecule has 9 heteroatoms. The summed E-state index contributed by atoms with van der Waals surface area (Å²) in [5.74, 6) is 0. The van der Waals surface area contributed by atoms with E-state index in [0.717, 1.165) is 5.56 Å². The summed E-state index contributed by atoms with van der Waals surface area (Å²) in [5, 5.41) is 10.2. The molecule has 0 fully saturated rings.